The summed E-state index contributed by atoms with van der Waals surface area (Å²) in [4.78, 5) is 21.0. The number of hydrogen-bond acceptors (Lipinski definition) is 7. The Morgan fingerprint density at radius 2 is 1.97 bits per heavy atom. The average molecular weight is 390 g/mol. The van der Waals surface area contributed by atoms with E-state index in [1.807, 2.05) is 12.3 Å². The summed E-state index contributed by atoms with van der Waals surface area (Å²) < 4.78 is 0. The predicted molar refractivity (Wildman–Crippen MR) is 116 cm³/mol. The average Bonchev–Trinajstić information content (AvgIpc) is 3.33. The first kappa shape index (κ1) is 18.2. The van der Waals surface area contributed by atoms with Crippen LogP contribution in [0.2, 0.25) is 0 Å². The van der Waals surface area contributed by atoms with Crippen molar-refractivity contribution in [2.75, 3.05) is 42.9 Å². The molecule has 0 unspecified atom stereocenters. The number of nitrogens with one attached hydrogen (secondary N) is 2. The Balaban J connectivity index is 1.42. The van der Waals surface area contributed by atoms with Gasteiger partial charge in [-0.25, -0.2) is 15.0 Å². The van der Waals surface area contributed by atoms with Gasteiger partial charge in [0.25, 0.3) is 0 Å². The van der Waals surface area contributed by atoms with Crippen LogP contribution in [0.3, 0.4) is 0 Å². The molecular formula is C22H27N7. The van der Waals surface area contributed by atoms with Gasteiger partial charge in [-0.3, -0.25) is 4.98 Å². The minimum absolute atomic E-state index is 0.613. The van der Waals surface area contributed by atoms with Crippen LogP contribution in [-0.2, 0) is 0 Å². The molecule has 150 valence electrons. The van der Waals surface area contributed by atoms with Crippen LogP contribution in [0.15, 0.2) is 36.8 Å². The molecule has 0 aliphatic carbocycles. The van der Waals surface area contributed by atoms with Crippen molar-refractivity contribution in [1.29, 1.82) is 0 Å². The molecular weight excluding hydrogens is 362 g/mol. The van der Waals surface area contributed by atoms with E-state index in [2.05, 4.69) is 42.6 Å². The van der Waals surface area contributed by atoms with Gasteiger partial charge in [-0.15, -0.1) is 0 Å². The fourth-order valence-corrected chi connectivity index (χ4v) is 4.25. The molecule has 2 aliphatic heterocycles. The molecule has 0 aromatic carbocycles. The second-order valence-corrected chi connectivity index (χ2v) is 7.97. The van der Waals surface area contributed by atoms with Crippen molar-refractivity contribution in [3.05, 3.63) is 36.8 Å². The normalized spacial score (nSPS) is 19.6. The summed E-state index contributed by atoms with van der Waals surface area (Å²) in [5.74, 6) is 2.47. The third-order valence-corrected chi connectivity index (χ3v) is 5.89. The highest BCUT2D eigenvalue weighted by Gasteiger charge is 2.16. The molecule has 0 radical (unpaired) electrons. The molecule has 29 heavy (non-hydrogen) atoms. The van der Waals surface area contributed by atoms with E-state index in [-0.39, 0.29) is 0 Å². The molecule has 2 fully saturated rings. The van der Waals surface area contributed by atoms with Gasteiger partial charge in [-0.05, 0) is 62.9 Å². The van der Waals surface area contributed by atoms with Gasteiger partial charge in [0.15, 0.2) is 5.82 Å². The minimum atomic E-state index is 0.613. The molecule has 5 rings (SSSR count). The van der Waals surface area contributed by atoms with Crippen LogP contribution in [0, 0.1) is 5.92 Å². The Morgan fingerprint density at radius 1 is 1.07 bits per heavy atom. The quantitative estimate of drug-likeness (QED) is 0.694. The molecule has 1 atom stereocenters. The Labute approximate surface area is 171 Å². The van der Waals surface area contributed by atoms with Crippen molar-refractivity contribution >= 4 is 22.7 Å². The molecule has 0 saturated carbocycles. The molecule has 2 saturated heterocycles. The van der Waals surface area contributed by atoms with Crippen LogP contribution < -0.4 is 15.5 Å². The first-order chi connectivity index (χ1) is 14.4. The van der Waals surface area contributed by atoms with Crippen molar-refractivity contribution in [2.45, 2.75) is 25.7 Å². The van der Waals surface area contributed by atoms with Crippen molar-refractivity contribution in [1.82, 2.24) is 25.3 Å². The Hall–Kier alpha value is -2.80. The standard InChI is InChI=1S/C22H27N7/c1-2-11-29(10-1)20-6-5-17(15-26-20)18-12-19-21(25-9-8-24-19)22(28-18)27-14-16-4-3-7-23-13-16/h5-6,8-9,12,15-16,23H,1-4,7,10-11,13-14H2,(H,27,28)/t16-/m0/s1. The van der Waals surface area contributed by atoms with Gasteiger partial charge < -0.3 is 15.5 Å². The number of hydrogen-bond donors (Lipinski definition) is 2. The fourth-order valence-electron chi connectivity index (χ4n) is 4.25. The van der Waals surface area contributed by atoms with E-state index >= 15 is 0 Å². The fraction of sp³-hybridized carbons (Fsp3) is 0.455. The Bertz CT molecular complexity index is 961. The van der Waals surface area contributed by atoms with E-state index in [0.717, 1.165) is 66.7 Å². The number of piperidine rings is 1. The van der Waals surface area contributed by atoms with E-state index < -0.39 is 0 Å². The molecule has 3 aromatic rings. The monoisotopic (exact) mass is 389 g/mol. The number of nitrogens with zero attached hydrogens (tertiary/aromatic N) is 5. The van der Waals surface area contributed by atoms with Crippen LogP contribution in [0.1, 0.15) is 25.7 Å². The molecule has 0 amide bonds. The molecule has 0 bridgehead atoms. The minimum Gasteiger partial charge on any atom is -0.368 e. The topological polar surface area (TPSA) is 78.9 Å². The third-order valence-electron chi connectivity index (χ3n) is 5.89. The maximum Gasteiger partial charge on any atom is 0.154 e. The second kappa shape index (κ2) is 8.29. The molecule has 5 heterocycles. The lowest BCUT2D eigenvalue weighted by molar-refractivity contribution is 0.392. The van der Waals surface area contributed by atoms with Crippen molar-refractivity contribution in [2.24, 2.45) is 5.92 Å². The van der Waals surface area contributed by atoms with Gasteiger partial charge in [-0.2, -0.15) is 0 Å². The van der Waals surface area contributed by atoms with Crippen LogP contribution in [0.4, 0.5) is 11.6 Å². The number of anilines is 2. The number of rotatable bonds is 5. The summed E-state index contributed by atoms with van der Waals surface area (Å²) in [7, 11) is 0. The highest BCUT2D eigenvalue weighted by atomic mass is 15.2. The summed E-state index contributed by atoms with van der Waals surface area (Å²) >= 11 is 0. The lowest BCUT2D eigenvalue weighted by atomic mass is 10.00. The van der Waals surface area contributed by atoms with Gasteiger partial charge in [0.2, 0.25) is 0 Å². The lowest BCUT2D eigenvalue weighted by Crippen LogP contribution is -2.33. The van der Waals surface area contributed by atoms with Crippen molar-refractivity contribution in [3.63, 3.8) is 0 Å². The Kier molecular flexibility index (Phi) is 5.21. The summed E-state index contributed by atoms with van der Waals surface area (Å²) in [6.45, 7) is 5.26. The zero-order valence-electron chi connectivity index (χ0n) is 16.6. The van der Waals surface area contributed by atoms with Gasteiger partial charge in [0.05, 0.1) is 11.2 Å². The maximum absolute atomic E-state index is 4.90. The summed E-state index contributed by atoms with van der Waals surface area (Å²) in [6.07, 6.45) is 10.4. The highest BCUT2D eigenvalue weighted by Crippen LogP contribution is 2.27. The largest absolute Gasteiger partial charge is 0.368 e. The van der Waals surface area contributed by atoms with Gasteiger partial charge in [-0.1, -0.05) is 0 Å². The molecule has 3 aromatic heterocycles. The molecule has 2 aliphatic rings. The second-order valence-electron chi connectivity index (χ2n) is 7.97. The zero-order chi connectivity index (χ0) is 19.5. The highest BCUT2D eigenvalue weighted by molar-refractivity contribution is 5.88. The molecule has 7 heteroatoms. The predicted octanol–water partition coefficient (Wildman–Crippen LogP) is 3.10. The van der Waals surface area contributed by atoms with E-state index in [4.69, 9.17) is 4.98 Å². The molecule has 2 N–H and O–H groups in total. The first-order valence-corrected chi connectivity index (χ1v) is 10.6. The molecule has 0 spiro atoms. The van der Waals surface area contributed by atoms with Crippen LogP contribution in [-0.4, -0.2) is 52.7 Å². The summed E-state index contributed by atoms with van der Waals surface area (Å²) in [5.41, 5.74) is 3.55. The smallest absolute Gasteiger partial charge is 0.154 e. The zero-order valence-corrected chi connectivity index (χ0v) is 16.6. The summed E-state index contributed by atoms with van der Waals surface area (Å²) in [6, 6.07) is 6.21. The third kappa shape index (κ3) is 4.00. The number of fused-ring (bicyclic) bond motifs is 1. The van der Waals surface area contributed by atoms with Crippen LogP contribution in [0.5, 0.6) is 0 Å². The molecule has 7 nitrogen and oxygen atoms in total. The van der Waals surface area contributed by atoms with Crippen LogP contribution in [0.25, 0.3) is 22.3 Å². The maximum atomic E-state index is 4.90. The van der Waals surface area contributed by atoms with Crippen molar-refractivity contribution < 1.29 is 0 Å². The van der Waals surface area contributed by atoms with E-state index in [9.17, 15) is 0 Å². The van der Waals surface area contributed by atoms with Gasteiger partial charge in [0, 0.05) is 43.8 Å². The first-order valence-electron chi connectivity index (χ1n) is 10.6. The van der Waals surface area contributed by atoms with Crippen LogP contribution >= 0.6 is 0 Å². The van der Waals surface area contributed by atoms with E-state index in [1.165, 1.54) is 25.7 Å². The SMILES string of the molecule is c1cnc2c(NC[C@H]3CCCNC3)nc(-c3ccc(N4CCCC4)nc3)cc2n1. The van der Waals surface area contributed by atoms with Gasteiger partial charge >= 0.3 is 0 Å². The number of pyridine rings is 2. The number of aromatic nitrogens is 4. The Morgan fingerprint density at radius 3 is 2.76 bits per heavy atom. The lowest BCUT2D eigenvalue weighted by Gasteiger charge is -2.23. The van der Waals surface area contributed by atoms with E-state index in [0.29, 0.717) is 5.92 Å². The van der Waals surface area contributed by atoms with Crippen molar-refractivity contribution in [3.8, 4) is 11.3 Å². The van der Waals surface area contributed by atoms with Gasteiger partial charge in [0.1, 0.15) is 11.3 Å². The van der Waals surface area contributed by atoms with E-state index in [1.54, 1.807) is 12.4 Å². The summed E-state index contributed by atoms with van der Waals surface area (Å²) in [5, 5.41) is 7.01.